The SMILES string of the molecule is C[Si](C)(C)CCOCn1nc(C(F)(F)F)cc1C1CC(S(=O)(=O)c2cccc(C(F)(F)F)c2)CCO1. The normalized spacial score (nSPS) is 20.0. The molecule has 0 spiro atoms. The van der Waals surface area contributed by atoms with Crippen LogP contribution in [0.15, 0.2) is 35.2 Å². The minimum atomic E-state index is -4.74. The first kappa shape index (κ1) is 28.7. The van der Waals surface area contributed by atoms with Gasteiger partial charge in [-0.2, -0.15) is 31.4 Å². The molecule has 2 atom stereocenters. The second-order valence-electron chi connectivity index (χ2n) is 9.88. The van der Waals surface area contributed by atoms with Crippen molar-refractivity contribution in [2.24, 2.45) is 0 Å². The molecule has 2 heterocycles. The molecule has 1 aliphatic rings. The Bertz CT molecular complexity index is 1160. The first-order chi connectivity index (χ1) is 16.5. The van der Waals surface area contributed by atoms with Gasteiger partial charge in [-0.1, -0.05) is 25.7 Å². The van der Waals surface area contributed by atoms with Crippen molar-refractivity contribution in [1.29, 1.82) is 0 Å². The Hall–Kier alpha value is -1.90. The van der Waals surface area contributed by atoms with Crippen LogP contribution in [0.1, 0.15) is 35.9 Å². The minimum absolute atomic E-state index is 0.000675. The number of nitrogens with zero attached hydrogens (tertiary/aromatic N) is 2. The molecule has 0 saturated carbocycles. The van der Waals surface area contributed by atoms with E-state index in [1.54, 1.807) is 0 Å². The maximum atomic E-state index is 13.4. The van der Waals surface area contributed by atoms with E-state index in [1.165, 1.54) is 0 Å². The van der Waals surface area contributed by atoms with Crippen molar-refractivity contribution in [3.05, 3.63) is 47.3 Å². The number of hydrogen-bond acceptors (Lipinski definition) is 5. The van der Waals surface area contributed by atoms with Gasteiger partial charge in [-0.25, -0.2) is 13.1 Å². The molecule has 0 N–H and O–H groups in total. The molecule has 2 unspecified atom stereocenters. The van der Waals surface area contributed by atoms with Gasteiger partial charge >= 0.3 is 12.4 Å². The topological polar surface area (TPSA) is 70.4 Å². The molecule has 1 aromatic carbocycles. The Morgan fingerprint density at radius 1 is 1.11 bits per heavy atom. The summed E-state index contributed by atoms with van der Waals surface area (Å²) in [6.45, 7) is 6.32. The Kier molecular flexibility index (Phi) is 8.33. The number of halogens is 6. The highest BCUT2D eigenvalue weighted by Gasteiger charge is 2.40. The van der Waals surface area contributed by atoms with Crippen molar-refractivity contribution < 1.29 is 44.2 Å². The quantitative estimate of drug-likeness (QED) is 0.228. The lowest BCUT2D eigenvalue weighted by atomic mass is 10.1. The van der Waals surface area contributed by atoms with Crippen LogP contribution in [-0.4, -0.2) is 44.7 Å². The van der Waals surface area contributed by atoms with Crippen molar-refractivity contribution in [3.8, 4) is 0 Å². The van der Waals surface area contributed by atoms with Gasteiger partial charge in [0.25, 0.3) is 0 Å². The van der Waals surface area contributed by atoms with E-state index in [2.05, 4.69) is 24.7 Å². The van der Waals surface area contributed by atoms with Crippen LogP contribution in [0.3, 0.4) is 0 Å². The standard InChI is InChI=1S/C22H28F6N2O4SSi/c1-36(2,3)10-9-33-14-30-18(13-20(29-30)22(26,27)28)19-12-17(7-8-34-19)35(31,32)16-6-4-5-15(11-16)21(23,24)25/h4-6,11,13,17,19H,7-10,12,14H2,1-3H3. The van der Waals surface area contributed by atoms with Crippen molar-refractivity contribution in [2.75, 3.05) is 13.2 Å². The van der Waals surface area contributed by atoms with Gasteiger partial charge in [0.15, 0.2) is 15.5 Å². The minimum Gasteiger partial charge on any atom is -0.372 e. The van der Waals surface area contributed by atoms with E-state index in [4.69, 9.17) is 9.47 Å². The third-order valence-corrected chi connectivity index (χ3v) is 9.73. The molecule has 1 aliphatic heterocycles. The second kappa shape index (κ2) is 10.5. The van der Waals surface area contributed by atoms with Gasteiger partial charge in [0.05, 0.1) is 21.4 Å². The molecule has 202 valence electrons. The Morgan fingerprint density at radius 2 is 1.81 bits per heavy atom. The molecular formula is C22H28F6N2O4SSi. The zero-order valence-electron chi connectivity index (χ0n) is 20.0. The summed E-state index contributed by atoms with van der Waals surface area (Å²) in [5.41, 5.74) is -2.27. The van der Waals surface area contributed by atoms with Crippen molar-refractivity contribution >= 4 is 17.9 Å². The third kappa shape index (κ3) is 7.10. The fourth-order valence-electron chi connectivity index (χ4n) is 3.76. The predicted molar refractivity (Wildman–Crippen MR) is 122 cm³/mol. The number of ether oxygens (including phenoxy) is 2. The van der Waals surface area contributed by atoms with Gasteiger partial charge in [0.1, 0.15) is 12.8 Å². The molecule has 3 rings (SSSR count). The fourth-order valence-corrected chi connectivity index (χ4v) is 6.29. The summed E-state index contributed by atoms with van der Waals surface area (Å²) in [4.78, 5) is -0.498. The summed E-state index contributed by atoms with van der Waals surface area (Å²) in [6, 6.07) is 5.00. The van der Waals surface area contributed by atoms with E-state index in [1.807, 2.05) is 0 Å². The van der Waals surface area contributed by atoms with E-state index >= 15 is 0 Å². The van der Waals surface area contributed by atoms with Crippen LogP contribution < -0.4 is 0 Å². The molecule has 0 amide bonds. The summed E-state index contributed by atoms with van der Waals surface area (Å²) in [6.07, 6.45) is -10.8. The number of hydrogen-bond donors (Lipinski definition) is 0. The van der Waals surface area contributed by atoms with Crippen LogP contribution >= 0.6 is 0 Å². The Morgan fingerprint density at radius 3 is 2.42 bits per heavy atom. The fraction of sp³-hybridized carbons (Fsp3) is 0.591. The highest BCUT2D eigenvalue weighted by molar-refractivity contribution is 7.92. The van der Waals surface area contributed by atoms with Crippen LogP contribution in [0, 0.1) is 0 Å². The van der Waals surface area contributed by atoms with Crippen molar-refractivity contribution in [2.45, 2.75) is 73.9 Å². The third-order valence-electron chi connectivity index (χ3n) is 5.81. The van der Waals surface area contributed by atoms with Crippen LogP contribution in [0.5, 0.6) is 0 Å². The number of rotatable bonds is 8. The van der Waals surface area contributed by atoms with E-state index in [-0.39, 0.29) is 31.9 Å². The molecule has 14 heteroatoms. The Labute approximate surface area is 206 Å². The van der Waals surface area contributed by atoms with E-state index in [0.717, 1.165) is 35.0 Å². The highest BCUT2D eigenvalue weighted by atomic mass is 32.2. The lowest BCUT2D eigenvalue weighted by molar-refractivity contribution is -0.141. The molecule has 0 radical (unpaired) electrons. The molecule has 1 saturated heterocycles. The van der Waals surface area contributed by atoms with Gasteiger partial charge in [-0.3, -0.25) is 0 Å². The lowest BCUT2D eigenvalue weighted by Crippen LogP contribution is -2.32. The van der Waals surface area contributed by atoms with E-state index in [0.29, 0.717) is 12.7 Å². The van der Waals surface area contributed by atoms with Crippen molar-refractivity contribution in [3.63, 3.8) is 0 Å². The summed E-state index contributed by atoms with van der Waals surface area (Å²) in [5, 5.41) is 2.45. The monoisotopic (exact) mass is 558 g/mol. The molecule has 1 aromatic heterocycles. The first-order valence-corrected chi connectivity index (χ1v) is 16.5. The molecule has 1 fully saturated rings. The van der Waals surface area contributed by atoms with Gasteiger partial charge in [0, 0.05) is 21.3 Å². The van der Waals surface area contributed by atoms with Gasteiger partial charge in [0.2, 0.25) is 0 Å². The zero-order valence-corrected chi connectivity index (χ0v) is 21.8. The molecule has 0 bridgehead atoms. The zero-order chi connectivity index (χ0) is 26.9. The number of alkyl halides is 6. The summed E-state index contributed by atoms with van der Waals surface area (Å²) >= 11 is 0. The maximum Gasteiger partial charge on any atom is 0.435 e. The first-order valence-electron chi connectivity index (χ1n) is 11.2. The smallest absolute Gasteiger partial charge is 0.372 e. The number of benzene rings is 1. The average Bonchev–Trinajstić information content (AvgIpc) is 3.20. The average molecular weight is 559 g/mol. The van der Waals surface area contributed by atoms with E-state index in [9.17, 15) is 34.8 Å². The summed E-state index contributed by atoms with van der Waals surface area (Å²) in [7, 11) is -5.66. The van der Waals surface area contributed by atoms with Gasteiger partial charge < -0.3 is 9.47 Å². The summed E-state index contributed by atoms with van der Waals surface area (Å²) in [5.74, 6) is 0. The van der Waals surface area contributed by atoms with Crippen LogP contribution in [0.25, 0.3) is 0 Å². The van der Waals surface area contributed by atoms with Gasteiger partial charge in [-0.15, -0.1) is 0 Å². The molecule has 36 heavy (non-hydrogen) atoms. The van der Waals surface area contributed by atoms with Crippen LogP contribution in [-0.2, 0) is 38.4 Å². The largest absolute Gasteiger partial charge is 0.435 e. The Balaban J connectivity index is 1.85. The molecule has 6 nitrogen and oxygen atoms in total. The number of sulfone groups is 1. The van der Waals surface area contributed by atoms with E-state index < -0.39 is 57.8 Å². The molecule has 2 aromatic rings. The lowest BCUT2D eigenvalue weighted by Gasteiger charge is -2.30. The van der Waals surface area contributed by atoms with Crippen LogP contribution in [0.4, 0.5) is 26.3 Å². The molecular weight excluding hydrogens is 530 g/mol. The van der Waals surface area contributed by atoms with Gasteiger partial charge in [-0.05, 0) is 43.2 Å². The van der Waals surface area contributed by atoms with Crippen LogP contribution in [0.2, 0.25) is 25.7 Å². The van der Waals surface area contributed by atoms with Crippen molar-refractivity contribution in [1.82, 2.24) is 9.78 Å². The predicted octanol–water partition coefficient (Wildman–Crippen LogP) is 5.93. The summed E-state index contributed by atoms with van der Waals surface area (Å²) < 4.78 is 118. The highest BCUT2D eigenvalue weighted by Crippen LogP contribution is 2.38. The molecule has 0 aliphatic carbocycles. The second-order valence-corrected chi connectivity index (χ2v) is 17.7. The maximum absolute atomic E-state index is 13.4. The number of aromatic nitrogens is 2.